The largest absolute Gasteiger partial charge is 0.449 e. The van der Waals surface area contributed by atoms with Crippen molar-refractivity contribution in [3.8, 4) is 0 Å². The van der Waals surface area contributed by atoms with Gasteiger partial charge in [0, 0.05) is 6.54 Å². The van der Waals surface area contributed by atoms with Crippen LogP contribution in [0.1, 0.15) is 71.1 Å². The number of hydrogen-bond donors (Lipinski definition) is 0. The summed E-state index contributed by atoms with van der Waals surface area (Å²) in [5.41, 5.74) is 0. The van der Waals surface area contributed by atoms with Crippen LogP contribution in [0.4, 0.5) is 4.79 Å². The zero-order valence-electron chi connectivity index (χ0n) is 13.0. The van der Waals surface area contributed by atoms with E-state index in [0.29, 0.717) is 19.7 Å². The van der Waals surface area contributed by atoms with E-state index < -0.39 is 0 Å². The Labute approximate surface area is 123 Å². The number of amides is 1. The van der Waals surface area contributed by atoms with Gasteiger partial charge in [0.05, 0.1) is 19.5 Å². The molecule has 116 valence electrons. The number of unbranched alkanes of at least 4 members (excludes halogenated alkanes) is 9. The molecule has 0 aromatic carbocycles. The zero-order valence-corrected chi connectivity index (χ0v) is 13.0. The second-order valence-electron chi connectivity index (χ2n) is 5.51. The van der Waals surface area contributed by atoms with Crippen LogP contribution in [0.3, 0.4) is 0 Å². The Morgan fingerprint density at radius 1 is 1.05 bits per heavy atom. The lowest BCUT2D eigenvalue weighted by atomic mass is 10.1. The van der Waals surface area contributed by atoms with Crippen LogP contribution in [0.15, 0.2) is 4.99 Å². The standard InChI is InChI=1S/C16H30N2O2/c1-2-3-4-5-6-7-8-9-10-11-14-20-16(19)18-13-12-17-15-18/h15H,2-14H2,1H3. The molecule has 0 N–H and O–H groups in total. The molecule has 0 aromatic rings. The van der Waals surface area contributed by atoms with Crippen LogP contribution < -0.4 is 0 Å². The van der Waals surface area contributed by atoms with E-state index in [0.717, 1.165) is 12.8 Å². The fourth-order valence-corrected chi connectivity index (χ4v) is 2.35. The van der Waals surface area contributed by atoms with Gasteiger partial charge in [-0.3, -0.25) is 9.89 Å². The number of nitrogens with zero attached hydrogens (tertiary/aromatic N) is 2. The minimum absolute atomic E-state index is 0.248. The summed E-state index contributed by atoms with van der Waals surface area (Å²) < 4.78 is 5.19. The lowest BCUT2D eigenvalue weighted by molar-refractivity contribution is 0.124. The van der Waals surface area contributed by atoms with Gasteiger partial charge < -0.3 is 4.74 Å². The van der Waals surface area contributed by atoms with Crippen LogP contribution in [0.5, 0.6) is 0 Å². The van der Waals surface area contributed by atoms with E-state index in [4.69, 9.17) is 4.74 Å². The third-order valence-corrected chi connectivity index (χ3v) is 3.65. The summed E-state index contributed by atoms with van der Waals surface area (Å²) in [5.74, 6) is 0. The molecule has 1 aliphatic rings. The van der Waals surface area contributed by atoms with E-state index in [-0.39, 0.29) is 6.09 Å². The first-order chi connectivity index (χ1) is 9.84. The SMILES string of the molecule is CCCCCCCCCCCCOC(=O)N1C=NCC1. The van der Waals surface area contributed by atoms with Gasteiger partial charge >= 0.3 is 6.09 Å². The van der Waals surface area contributed by atoms with E-state index in [9.17, 15) is 4.79 Å². The van der Waals surface area contributed by atoms with Crippen LogP contribution in [0.2, 0.25) is 0 Å². The first-order valence-electron chi connectivity index (χ1n) is 8.28. The van der Waals surface area contributed by atoms with Gasteiger partial charge in [-0.15, -0.1) is 0 Å². The maximum atomic E-state index is 11.5. The number of aliphatic imine (C=N–C) groups is 1. The normalized spacial score (nSPS) is 13.9. The number of hydrogen-bond acceptors (Lipinski definition) is 3. The van der Waals surface area contributed by atoms with Crippen molar-refractivity contribution in [1.82, 2.24) is 4.90 Å². The van der Waals surface area contributed by atoms with Crippen LogP contribution >= 0.6 is 0 Å². The Kier molecular flexibility index (Phi) is 9.98. The first-order valence-corrected chi connectivity index (χ1v) is 8.28. The molecule has 4 nitrogen and oxygen atoms in total. The topological polar surface area (TPSA) is 41.9 Å². The lowest BCUT2D eigenvalue weighted by Gasteiger charge is -2.11. The summed E-state index contributed by atoms with van der Waals surface area (Å²) in [6.07, 6.45) is 14.3. The highest BCUT2D eigenvalue weighted by molar-refractivity contribution is 5.83. The van der Waals surface area contributed by atoms with Crippen molar-refractivity contribution in [2.75, 3.05) is 19.7 Å². The van der Waals surface area contributed by atoms with E-state index in [1.807, 2.05) is 0 Å². The molecule has 0 radical (unpaired) electrons. The Bertz CT molecular complexity index is 280. The highest BCUT2D eigenvalue weighted by atomic mass is 16.6. The summed E-state index contributed by atoms with van der Waals surface area (Å²) >= 11 is 0. The molecule has 1 aliphatic heterocycles. The Morgan fingerprint density at radius 2 is 1.65 bits per heavy atom. The molecule has 0 fully saturated rings. The Hall–Kier alpha value is -1.06. The average molecular weight is 282 g/mol. The summed E-state index contributed by atoms with van der Waals surface area (Å²) in [5, 5.41) is 0. The number of carbonyl (C=O) groups is 1. The van der Waals surface area contributed by atoms with Crippen molar-refractivity contribution in [3.05, 3.63) is 0 Å². The van der Waals surface area contributed by atoms with Crippen molar-refractivity contribution in [3.63, 3.8) is 0 Å². The van der Waals surface area contributed by atoms with Gasteiger partial charge in [0.15, 0.2) is 0 Å². The Balaban J connectivity index is 1.78. The van der Waals surface area contributed by atoms with Gasteiger partial charge in [0.2, 0.25) is 0 Å². The Morgan fingerprint density at radius 3 is 2.20 bits per heavy atom. The summed E-state index contributed by atoms with van der Waals surface area (Å²) in [6, 6.07) is 0. The molecule has 0 spiro atoms. The van der Waals surface area contributed by atoms with Gasteiger partial charge in [-0.25, -0.2) is 4.79 Å². The van der Waals surface area contributed by atoms with Crippen LogP contribution in [-0.2, 0) is 4.74 Å². The monoisotopic (exact) mass is 282 g/mol. The van der Waals surface area contributed by atoms with E-state index in [1.165, 1.54) is 56.3 Å². The van der Waals surface area contributed by atoms with Gasteiger partial charge in [0.1, 0.15) is 0 Å². The van der Waals surface area contributed by atoms with Crippen molar-refractivity contribution < 1.29 is 9.53 Å². The molecule has 0 bridgehead atoms. The summed E-state index contributed by atoms with van der Waals surface area (Å²) in [6.45, 7) is 4.16. The number of carbonyl (C=O) groups excluding carboxylic acids is 1. The first kappa shape index (κ1) is 17.0. The minimum atomic E-state index is -0.248. The fraction of sp³-hybridized carbons (Fsp3) is 0.875. The van der Waals surface area contributed by atoms with Gasteiger partial charge in [0.25, 0.3) is 0 Å². The van der Waals surface area contributed by atoms with E-state index >= 15 is 0 Å². The lowest BCUT2D eigenvalue weighted by Crippen LogP contribution is -2.28. The molecule has 1 amide bonds. The van der Waals surface area contributed by atoms with E-state index in [1.54, 1.807) is 6.34 Å². The smallest absolute Gasteiger partial charge is 0.415 e. The summed E-state index contributed by atoms with van der Waals surface area (Å²) in [4.78, 5) is 17.0. The second kappa shape index (κ2) is 11.7. The van der Waals surface area contributed by atoms with Crippen LogP contribution in [0, 0.1) is 0 Å². The molecule has 0 saturated carbocycles. The molecule has 20 heavy (non-hydrogen) atoms. The van der Waals surface area contributed by atoms with Crippen molar-refractivity contribution in [2.45, 2.75) is 71.1 Å². The predicted molar refractivity (Wildman–Crippen MR) is 83.3 cm³/mol. The molecule has 0 unspecified atom stereocenters. The number of rotatable bonds is 11. The average Bonchev–Trinajstić information content (AvgIpc) is 2.99. The minimum Gasteiger partial charge on any atom is -0.449 e. The van der Waals surface area contributed by atoms with Crippen molar-refractivity contribution in [1.29, 1.82) is 0 Å². The van der Waals surface area contributed by atoms with Gasteiger partial charge in [-0.05, 0) is 6.42 Å². The maximum Gasteiger partial charge on any atom is 0.415 e. The molecular weight excluding hydrogens is 252 g/mol. The van der Waals surface area contributed by atoms with Crippen molar-refractivity contribution in [2.24, 2.45) is 4.99 Å². The highest BCUT2D eigenvalue weighted by Gasteiger charge is 2.15. The maximum absolute atomic E-state index is 11.5. The van der Waals surface area contributed by atoms with Crippen molar-refractivity contribution >= 4 is 12.4 Å². The third kappa shape index (κ3) is 8.18. The molecular formula is C16H30N2O2. The summed E-state index contributed by atoms with van der Waals surface area (Å²) in [7, 11) is 0. The highest BCUT2D eigenvalue weighted by Crippen LogP contribution is 2.10. The van der Waals surface area contributed by atoms with E-state index in [2.05, 4.69) is 11.9 Å². The molecule has 4 heteroatoms. The fourth-order valence-electron chi connectivity index (χ4n) is 2.35. The quantitative estimate of drug-likeness (QED) is 0.527. The molecule has 0 aliphatic carbocycles. The molecule has 1 heterocycles. The zero-order chi connectivity index (χ0) is 14.5. The van der Waals surface area contributed by atoms with Gasteiger partial charge in [-0.2, -0.15) is 0 Å². The van der Waals surface area contributed by atoms with Crippen LogP contribution in [-0.4, -0.2) is 37.0 Å². The third-order valence-electron chi connectivity index (χ3n) is 3.65. The predicted octanol–water partition coefficient (Wildman–Crippen LogP) is 4.39. The van der Waals surface area contributed by atoms with Crippen LogP contribution in [0.25, 0.3) is 0 Å². The number of ether oxygens (including phenoxy) is 1. The molecule has 0 saturated heterocycles. The molecule has 0 aromatic heterocycles. The molecule has 0 atom stereocenters. The second-order valence-corrected chi connectivity index (χ2v) is 5.51. The van der Waals surface area contributed by atoms with Gasteiger partial charge in [-0.1, -0.05) is 64.7 Å². The molecule has 1 rings (SSSR count).